The van der Waals surface area contributed by atoms with Gasteiger partial charge in [0.25, 0.3) is 5.91 Å². The maximum absolute atomic E-state index is 12.2. The Bertz CT molecular complexity index is 430. The lowest BCUT2D eigenvalue weighted by Crippen LogP contribution is -2.50. The number of nitrogens with zero attached hydrogens (tertiary/aromatic N) is 2. The number of carbonyl (C=O) groups excluding carboxylic acids is 1. The van der Waals surface area contributed by atoms with E-state index in [1.54, 1.807) is 0 Å². The predicted molar refractivity (Wildman–Crippen MR) is 80.7 cm³/mol. The van der Waals surface area contributed by atoms with E-state index in [9.17, 15) is 9.90 Å². The lowest BCUT2D eigenvalue weighted by atomic mass is 10.2. The van der Waals surface area contributed by atoms with Gasteiger partial charge in [-0.1, -0.05) is 6.92 Å². The number of carbonyl (C=O) groups is 1. The Hall–Kier alpha value is -0.430. The number of thiophene rings is 1. The van der Waals surface area contributed by atoms with Gasteiger partial charge in [-0.3, -0.25) is 9.69 Å². The van der Waals surface area contributed by atoms with Gasteiger partial charge in [-0.15, -0.1) is 11.3 Å². The molecule has 1 atom stereocenters. The Kier molecular flexibility index (Phi) is 5.38. The average molecular weight is 347 g/mol. The second kappa shape index (κ2) is 6.83. The quantitative estimate of drug-likeness (QED) is 0.907. The summed E-state index contributed by atoms with van der Waals surface area (Å²) in [4.78, 5) is 16.4. The molecule has 1 amide bonds. The summed E-state index contributed by atoms with van der Waals surface area (Å²) in [5.74, 6) is 0.109. The van der Waals surface area contributed by atoms with Crippen molar-refractivity contribution in [1.82, 2.24) is 9.80 Å². The first-order valence-corrected chi connectivity index (χ1v) is 8.21. The zero-order valence-corrected chi connectivity index (χ0v) is 13.4. The molecule has 6 heteroatoms. The van der Waals surface area contributed by atoms with E-state index in [0.717, 1.165) is 41.9 Å². The van der Waals surface area contributed by atoms with Crippen LogP contribution in [0.1, 0.15) is 23.7 Å². The molecule has 1 aromatic rings. The SMILES string of the molecule is CC[C@@H](O)CN1CCN(C(=O)c2csc(Br)c2)CC1. The predicted octanol–water partition coefficient (Wildman–Crippen LogP) is 2.04. The fraction of sp³-hybridized carbons (Fsp3) is 0.615. The second-order valence-electron chi connectivity index (χ2n) is 4.79. The fourth-order valence-corrected chi connectivity index (χ4v) is 3.30. The molecule has 2 rings (SSSR count). The van der Waals surface area contributed by atoms with Crippen molar-refractivity contribution < 1.29 is 9.90 Å². The average Bonchev–Trinajstić information content (AvgIpc) is 2.85. The van der Waals surface area contributed by atoms with Gasteiger partial charge in [0.05, 0.1) is 15.5 Å². The van der Waals surface area contributed by atoms with Crippen molar-refractivity contribution in [2.45, 2.75) is 19.4 Å². The summed E-state index contributed by atoms with van der Waals surface area (Å²) in [6, 6.07) is 1.88. The van der Waals surface area contributed by atoms with E-state index < -0.39 is 0 Å². The minimum Gasteiger partial charge on any atom is -0.392 e. The molecule has 0 aliphatic carbocycles. The summed E-state index contributed by atoms with van der Waals surface area (Å²) in [6.07, 6.45) is 0.525. The summed E-state index contributed by atoms with van der Waals surface area (Å²) in [7, 11) is 0. The topological polar surface area (TPSA) is 43.8 Å². The molecular formula is C13H19BrN2O2S. The first-order chi connectivity index (χ1) is 9.10. The van der Waals surface area contributed by atoms with Crippen LogP contribution >= 0.6 is 27.3 Å². The molecule has 1 saturated heterocycles. The van der Waals surface area contributed by atoms with Gasteiger partial charge in [0.1, 0.15) is 0 Å². The maximum atomic E-state index is 12.2. The molecule has 0 aromatic carbocycles. The van der Waals surface area contributed by atoms with Crippen LogP contribution < -0.4 is 0 Å². The van der Waals surface area contributed by atoms with Crippen molar-refractivity contribution in [2.24, 2.45) is 0 Å². The summed E-state index contributed by atoms with van der Waals surface area (Å²) < 4.78 is 0.987. The van der Waals surface area contributed by atoms with Crippen molar-refractivity contribution in [1.29, 1.82) is 0 Å². The van der Waals surface area contributed by atoms with Crippen molar-refractivity contribution >= 4 is 33.2 Å². The zero-order chi connectivity index (χ0) is 13.8. The highest BCUT2D eigenvalue weighted by atomic mass is 79.9. The normalized spacial score (nSPS) is 18.6. The summed E-state index contributed by atoms with van der Waals surface area (Å²) in [5.41, 5.74) is 0.763. The molecule has 1 aromatic heterocycles. The van der Waals surface area contributed by atoms with E-state index in [4.69, 9.17) is 0 Å². The van der Waals surface area contributed by atoms with Gasteiger partial charge in [0.15, 0.2) is 0 Å². The van der Waals surface area contributed by atoms with Crippen LogP contribution in [0.15, 0.2) is 15.2 Å². The van der Waals surface area contributed by atoms with Gasteiger partial charge in [-0.2, -0.15) is 0 Å². The second-order valence-corrected chi connectivity index (χ2v) is 7.08. The lowest BCUT2D eigenvalue weighted by Gasteiger charge is -2.35. The number of aliphatic hydroxyl groups is 1. The van der Waals surface area contributed by atoms with E-state index in [1.165, 1.54) is 11.3 Å². The molecule has 106 valence electrons. The lowest BCUT2D eigenvalue weighted by molar-refractivity contribution is 0.0524. The summed E-state index contributed by atoms with van der Waals surface area (Å²) in [6.45, 7) is 5.86. The van der Waals surface area contributed by atoms with Crippen LogP contribution in [-0.4, -0.2) is 59.6 Å². The zero-order valence-electron chi connectivity index (χ0n) is 11.0. The molecule has 1 aliphatic heterocycles. The standard InChI is InChI=1S/C13H19BrN2O2S/c1-2-11(17)8-15-3-5-16(6-4-15)13(18)10-7-12(14)19-9-10/h7,9,11,17H,2-6,8H2,1H3/t11-/m1/s1. The number of hydrogen-bond acceptors (Lipinski definition) is 4. The third-order valence-electron chi connectivity index (χ3n) is 3.41. The molecule has 1 aliphatic rings. The van der Waals surface area contributed by atoms with Gasteiger partial charge < -0.3 is 10.0 Å². The van der Waals surface area contributed by atoms with Crippen LogP contribution in [0, 0.1) is 0 Å². The van der Waals surface area contributed by atoms with Crippen LogP contribution in [0.5, 0.6) is 0 Å². The smallest absolute Gasteiger partial charge is 0.254 e. The van der Waals surface area contributed by atoms with E-state index in [2.05, 4.69) is 20.8 Å². The number of piperazine rings is 1. The Morgan fingerprint density at radius 1 is 1.47 bits per heavy atom. The van der Waals surface area contributed by atoms with Gasteiger partial charge in [0.2, 0.25) is 0 Å². The molecule has 19 heavy (non-hydrogen) atoms. The molecule has 0 bridgehead atoms. The molecule has 0 saturated carbocycles. The van der Waals surface area contributed by atoms with Crippen molar-refractivity contribution in [3.8, 4) is 0 Å². The third-order valence-corrected chi connectivity index (χ3v) is 4.92. The van der Waals surface area contributed by atoms with Crippen LogP contribution in [-0.2, 0) is 0 Å². The summed E-state index contributed by atoms with van der Waals surface area (Å²) in [5, 5.41) is 11.5. The minimum absolute atomic E-state index is 0.109. The van der Waals surface area contributed by atoms with E-state index >= 15 is 0 Å². The largest absolute Gasteiger partial charge is 0.392 e. The van der Waals surface area contributed by atoms with Crippen LogP contribution in [0.2, 0.25) is 0 Å². The monoisotopic (exact) mass is 346 g/mol. The van der Waals surface area contributed by atoms with Crippen molar-refractivity contribution in [3.05, 3.63) is 20.8 Å². The maximum Gasteiger partial charge on any atom is 0.254 e. The van der Waals surface area contributed by atoms with E-state index in [-0.39, 0.29) is 12.0 Å². The number of aliphatic hydroxyl groups excluding tert-OH is 1. The highest BCUT2D eigenvalue weighted by Gasteiger charge is 2.23. The Labute approximate surface area is 126 Å². The molecule has 0 spiro atoms. The molecular weight excluding hydrogens is 328 g/mol. The highest BCUT2D eigenvalue weighted by Crippen LogP contribution is 2.22. The van der Waals surface area contributed by atoms with E-state index in [0.29, 0.717) is 6.54 Å². The molecule has 1 fully saturated rings. The van der Waals surface area contributed by atoms with Crippen LogP contribution in [0.3, 0.4) is 0 Å². The van der Waals surface area contributed by atoms with Gasteiger partial charge >= 0.3 is 0 Å². The molecule has 0 radical (unpaired) electrons. The highest BCUT2D eigenvalue weighted by molar-refractivity contribution is 9.11. The third kappa shape index (κ3) is 4.02. The van der Waals surface area contributed by atoms with Crippen LogP contribution in [0.25, 0.3) is 0 Å². The number of hydrogen-bond donors (Lipinski definition) is 1. The molecule has 4 nitrogen and oxygen atoms in total. The minimum atomic E-state index is -0.255. The van der Waals surface area contributed by atoms with Gasteiger partial charge in [-0.25, -0.2) is 0 Å². The number of amides is 1. The first kappa shape index (κ1) is 15.0. The fourth-order valence-electron chi connectivity index (χ4n) is 2.17. The molecule has 1 N–H and O–H groups in total. The Balaban J connectivity index is 1.84. The number of β-amino-alcohol motifs (C(OH)–C–C–N with tert-alkyl or cyclic N) is 1. The van der Waals surface area contributed by atoms with Crippen molar-refractivity contribution in [2.75, 3.05) is 32.7 Å². The molecule has 2 heterocycles. The van der Waals surface area contributed by atoms with Crippen molar-refractivity contribution in [3.63, 3.8) is 0 Å². The molecule has 0 unspecified atom stereocenters. The first-order valence-electron chi connectivity index (χ1n) is 6.54. The Morgan fingerprint density at radius 3 is 2.68 bits per heavy atom. The van der Waals surface area contributed by atoms with Gasteiger partial charge in [0, 0.05) is 38.1 Å². The van der Waals surface area contributed by atoms with Gasteiger partial charge in [-0.05, 0) is 28.4 Å². The Morgan fingerprint density at radius 2 is 2.16 bits per heavy atom. The number of halogens is 1. The van der Waals surface area contributed by atoms with E-state index in [1.807, 2.05) is 23.3 Å². The number of rotatable bonds is 4. The van der Waals surface area contributed by atoms with Crippen LogP contribution in [0.4, 0.5) is 0 Å². The summed E-state index contributed by atoms with van der Waals surface area (Å²) >= 11 is 4.92.